The summed E-state index contributed by atoms with van der Waals surface area (Å²) in [5.74, 6) is 6.78. The normalized spacial score (nSPS) is 22.6. The third-order valence-corrected chi connectivity index (χ3v) is 5.56. The first-order valence-corrected chi connectivity index (χ1v) is 10.4. The van der Waals surface area contributed by atoms with Crippen LogP contribution in [-0.2, 0) is 0 Å². The Balaban J connectivity index is 1.14. The highest BCUT2D eigenvalue weighted by Crippen LogP contribution is 2.16. The smallest absolute Gasteiger partial charge is 0.0602 e. The van der Waals surface area contributed by atoms with Gasteiger partial charge in [-0.25, -0.2) is 0 Å². The molecule has 4 nitrogen and oxygen atoms in total. The van der Waals surface area contributed by atoms with Crippen LogP contribution in [0.15, 0.2) is 60.7 Å². The zero-order valence-corrected chi connectivity index (χ0v) is 16.5. The largest absolute Gasteiger partial charge is 0.381 e. The standard InChI is InChI=1S/C24H30N4/c1-3-9-21(10-4-1)25-23-13-17-27(19-23)15-7-8-16-28-18-14-24(20-28)26-22-11-5-2-6-12-22/h1-6,9-12,23-26H,13-20H2. The third-order valence-electron chi connectivity index (χ3n) is 5.56. The highest BCUT2D eigenvalue weighted by Gasteiger charge is 2.22. The average molecular weight is 375 g/mol. The van der Waals surface area contributed by atoms with Crippen LogP contribution in [-0.4, -0.2) is 61.2 Å². The zero-order valence-electron chi connectivity index (χ0n) is 16.5. The highest BCUT2D eigenvalue weighted by atomic mass is 15.2. The molecule has 0 aliphatic carbocycles. The fourth-order valence-electron chi connectivity index (χ4n) is 4.06. The van der Waals surface area contributed by atoms with Crippen molar-refractivity contribution in [1.29, 1.82) is 0 Å². The Morgan fingerprint density at radius 3 is 1.54 bits per heavy atom. The molecular weight excluding hydrogens is 344 g/mol. The van der Waals surface area contributed by atoms with Crippen molar-refractivity contribution in [3.63, 3.8) is 0 Å². The van der Waals surface area contributed by atoms with Gasteiger partial charge in [0.05, 0.1) is 13.1 Å². The second kappa shape index (κ2) is 9.64. The van der Waals surface area contributed by atoms with Crippen LogP contribution >= 0.6 is 0 Å². The van der Waals surface area contributed by atoms with Gasteiger partial charge in [0.15, 0.2) is 0 Å². The number of benzene rings is 2. The van der Waals surface area contributed by atoms with Crippen LogP contribution in [0.2, 0.25) is 0 Å². The molecule has 2 N–H and O–H groups in total. The van der Waals surface area contributed by atoms with Crippen molar-refractivity contribution in [2.45, 2.75) is 24.9 Å². The number of rotatable bonds is 6. The molecule has 2 unspecified atom stereocenters. The molecule has 0 bridgehead atoms. The highest BCUT2D eigenvalue weighted by molar-refractivity contribution is 5.44. The van der Waals surface area contributed by atoms with Gasteiger partial charge < -0.3 is 10.6 Å². The van der Waals surface area contributed by atoms with E-state index in [0.29, 0.717) is 12.1 Å². The Kier molecular flexibility index (Phi) is 6.49. The SMILES string of the molecule is C(#CCN1CCC(Nc2ccccc2)C1)CN1CCC(Nc2ccccc2)C1. The van der Waals surface area contributed by atoms with Gasteiger partial charge in [0, 0.05) is 49.6 Å². The molecule has 28 heavy (non-hydrogen) atoms. The van der Waals surface area contributed by atoms with Gasteiger partial charge in [-0.05, 0) is 37.1 Å². The Hall–Kier alpha value is -2.48. The number of hydrogen-bond acceptors (Lipinski definition) is 4. The molecule has 2 aromatic rings. The van der Waals surface area contributed by atoms with Crippen molar-refractivity contribution in [2.75, 3.05) is 49.9 Å². The summed E-state index contributed by atoms with van der Waals surface area (Å²) in [6.45, 7) is 6.18. The van der Waals surface area contributed by atoms with E-state index < -0.39 is 0 Å². The van der Waals surface area contributed by atoms with E-state index in [2.05, 4.69) is 92.9 Å². The van der Waals surface area contributed by atoms with Gasteiger partial charge in [0.2, 0.25) is 0 Å². The third kappa shape index (κ3) is 5.51. The predicted molar refractivity (Wildman–Crippen MR) is 118 cm³/mol. The fourth-order valence-corrected chi connectivity index (χ4v) is 4.06. The molecule has 4 rings (SSSR count). The summed E-state index contributed by atoms with van der Waals surface area (Å²) in [5.41, 5.74) is 2.43. The van der Waals surface area contributed by atoms with E-state index in [0.717, 1.165) is 39.3 Å². The summed E-state index contributed by atoms with van der Waals surface area (Å²) in [6.07, 6.45) is 2.38. The van der Waals surface area contributed by atoms with E-state index in [1.807, 2.05) is 0 Å². The zero-order chi connectivity index (χ0) is 19.0. The molecule has 0 spiro atoms. The lowest BCUT2D eigenvalue weighted by molar-refractivity contribution is 0.373. The molecule has 0 saturated carbocycles. The van der Waals surface area contributed by atoms with Crippen LogP contribution in [0.1, 0.15) is 12.8 Å². The van der Waals surface area contributed by atoms with Gasteiger partial charge in [-0.15, -0.1) is 0 Å². The van der Waals surface area contributed by atoms with Crippen molar-refractivity contribution >= 4 is 11.4 Å². The van der Waals surface area contributed by atoms with Crippen molar-refractivity contribution in [3.05, 3.63) is 60.7 Å². The summed E-state index contributed by atoms with van der Waals surface area (Å²) in [6, 6.07) is 22.1. The van der Waals surface area contributed by atoms with Crippen molar-refractivity contribution < 1.29 is 0 Å². The average Bonchev–Trinajstić information content (AvgIpc) is 3.36. The second-order valence-corrected chi connectivity index (χ2v) is 7.82. The van der Waals surface area contributed by atoms with Gasteiger partial charge in [-0.2, -0.15) is 0 Å². The van der Waals surface area contributed by atoms with Crippen LogP contribution in [0, 0.1) is 11.8 Å². The van der Waals surface area contributed by atoms with Gasteiger partial charge >= 0.3 is 0 Å². The van der Waals surface area contributed by atoms with Gasteiger partial charge in [0.25, 0.3) is 0 Å². The van der Waals surface area contributed by atoms with Crippen molar-refractivity contribution in [1.82, 2.24) is 9.80 Å². The maximum atomic E-state index is 3.63. The minimum Gasteiger partial charge on any atom is -0.381 e. The molecular formula is C24H30N4. The monoisotopic (exact) mass is 374 g/mol. The van der Waals surface area contributed by atoms with Crippen molar-refractivity contribution in [2.24, 2.45) is 0 Å². The molecule has 2 atom stereocenters. The van der Waals surface area contributed by atoms with E-state index in [1.54, 1.807) is 0 Å². The summed E-state index contributed by atoms with van der Waals surface area (Å²) in [5, 5.41) is 7.25. The Labute approximate surface area is 168 Å². The lowest BCUT2D eigenvalue weighted by Crippen LogP contribution is -2.27. The fraction of sp³-hybridized carbons (Fsp3) is 0.417. The molecule has 2 saturated heterocycles. The van der Waals surface area contributed by atoms with Crippen LogP contribution in [0.4, 0.5) is 11.4 Å². The molecule has 4 heteroatoms. The number of hydrogen-bond donors (Lipinski definition) is 2. The lowest BCUT2D eigenvalue weighted by atomic mass is 10.2. The first kappa shape index (κ1) is 18.9. The second-order valence-electron chi connectivity index (χ2n) is 7.82. The van der Waals surface area contributed by atoms with Gasteiger partial charge in [-0.1, -0.05) is 48.2 Å². The van der Waals surface area contributed by atoms with E-state index in [9.17, 15) is 0 Å². The lowest BCUT2D eigenvalue weighted by Gasteiger charge is -2.16. The summed E-state index contributed by atoms with van der Waals surface area (Å²) in [4.78, 5) is 4.91. The number of likely N-dealkylation sites (tertiary alicyclic amines) is 2. The molecule has 0 aromatic heterocycles. The first-order valence-electron chi connectivity index (χ1n) is 10.4. The molecule has 2 aliphatic heterocycles. The van der Waals surface area contributed by atoms with E-state index in [-0.39, 0.29) is 0 Å². The summed E-state index contributed by atoms with van der Waals surface area (Å²) >= 11 is 0. The van der Waals surface area contributed by atoms with Gasteiger partial charge in [0.1, 0.15) is 0 Å². The molecule has 146 valence electrons. The quantitative estimate of drug-likeness (QED) is 0.759. The van der Waals surface area contributed by atoms with Gasteiger partial charge in [-0.3, -0.25) is 9.80 Å². The number of nitrogens with one attached hydrogen (secondary N) is 2. The molecule has 2 aromatic carbocycles. The molecule has 2 heterocycles. The summed E-state index contributed by atoms with van der Waals surface area (Å²) < 4.78 is 0. The minimum atomic E-state index is 0.535. The van der Waals surface area contributed by atoms with E-state index in [4.69, 9.17) is 0 Å². The first-order chi connectivity index (χ1) is 13.8. The van der Waals surface area contributed by atoms with E-state index >= 15 is 0 Å². The number of nitrogens with zero attached hydrogens (tertiary/aromatic N) is 2. The van der Waals surface area contributed by atoms with Crippen LogP contribution in [0.25, 0.3) is 0 Å². The maximum Gasteiger partial charge on any atom is 0.0602 e. The predicted octanol–water partition coefficient (Wildman–Crippen LogP) is 3.36. The molecule has 0 radical (unpaired) electrons. The molecule has 2 fully saturated rings. The molecule has 2 aliphatic rings. The van der Waals surface area contributed by atoms with Crippen LogP contribution in [0.3, 0.4) is 0 Å². The van der Waals surface area contributed by atoms with E-state index in [1.165, 1.54) is 24.2 Å². The molecule has 0 amide bonds. The summed E-state index contributed by atoms with van der Waals surface area (Å²) in [7, 11) is 0. The Bertz CT molecular complexity index is 715. The number of anilines is 2. The number of para-hydroxylation sites is 2. The van der Waals surface area contributed by atoms with Crippen LogP contribution < -0.4 is 10.6 Å². The Morgan fingerprint density at radius 2 is 1.11 bits per heavy atom. The maximum absolute atomic E-state index is 3.63. The minimum absolute atomic E-state index is 0.535. The topological polar surface area (TPSA) is 30.5 Å². The van der Waals surface area contributed by atoms with Crippen molar-refractivity contribution in [3.8, 4) is 11.8 Å². The Morgan fingerprint density at radius 1 is 0.679 bits per heavy atom. The van der Waals surface area contributed by atoms with Crippen LogP contribution in [0.5, 0.6) is 0 Å².